The third-order valence-corrected chi connectivity index (χ3v) is 2.21. The molecule has 0 unspecified atom stereocenters. The van der Waals surface area contributed by atoms with Gasteiger partial charge in [0.15, 0.2) is 0 Å². The highest BCUT2D eigenvalue weighted by Crippen LogP contribution is 2.22. The van der Waals surface area contributed by atoms with Gasteiger partial charge < -0.3 is 5.11 Å². The standard InChI is InChI=1S/C7H4F2INO2/c8-6(9)5-3(10)1-2-4(11-5)7(12)13/h1-2,6H,(H,12,13). The molecule has 13 heavy (non-hydrogen) atoms. The van der Waals surface area contributed by atoms with E-state index in [0.717, 1.165) is 0 Å². The van der Waals surface area contributed by atoms with Gasteiger partial charge in [-0.05, 0) is 34.7 Å². The molecule has 0 bridgehead atoms. The normalized spacial score (nSPS) is 10.5. The molecular weight excluding hydrogens is 295 g/mol. The average molecular weight is 299 g/mol. The van der Waals surface area contributed by atoms with Crippen molar-refractivity contribution in [1.29, 1.82) is 0 Å². The molecule has 0 fully saturated rings. The van der Waals surface area contributed by atoms with Gasteiger partial charge in [0.1, 0.15) is 11.4 Å². The first-order chi connectivity index (χ1) is 6.02. The number of halogens is 3. The highest BCUT2D eigenvalue weighted by Gasteiger charge is 2.16. The number of carbonyl (C=O) groups is 1. The van der Waals surface area contributed by atoms with Crippen LogP contribution in [0.2, 0.25) is 0 Å². The smallest absolute Gasteiger partial charge is 0.354 e. The number of nitrogens with zero attached hydrogens (tertiary/aromatic N) is 1. The minimum atomic E-state index is -2.74. The summed E-state index contributed by atoms with van der Waals surface area (Å²) in [5, 5.41) is 8.47. The molecule has 0 radical (unpaired) electrons. The lowest BCUT2D eigenvalue weighted by Gasteiger charge is -2.02. The Morgan fingerprint density at radius 2 is 2.15 bits per heavy atom. The average Bonchev–Trinajstić information content (AvgIpc) is 2.04. The second-order valence-corrected chi connectivity index (χ2v) is 3.33. The van der Waals surface area contributed by atoms with E-state index in [1.165, 1.54) is 12.1 Å². The Morgan fingerprint density at radius 3 is 2.62 bits per heavy atom. The van der Waals surface area contributed by atoms with E-state index in [4.69, 9.17) is 5.11 Å². The molecule has 1 rings (SSSR count). The molecule has 1 heterocycles. The largest absolute Gasteiger partial charge is 0.477 e. The Morgan fingerprint density at radius 1 is 1.54 bits per heavy atom. The van der Waals surface area contributed by atoms with Crippen molar-refractivity contribution in [1.82, 2.24) is 4.98 Å². The van der Waals surface area contributed by atoms with E-state index >= 15 is 0 Å². The van der Waals surface area contributed by atoms with Gasteiger partial charge in [0.25, 0.3) is 6.43 Å². The SMILES string of the molecule is O=C(O)c1ccc(I)c(C(F)F)n1. The quantitative estimate of drug-likeness (QED) is 0.853. The number of hydrogen-bond acceptors (Lipinski definition) is 2. The fourth-order valence-corrected chi connectivity index (χ4v) is 1.27. The molecule has 0 aliphatic carbocycles. The van der Waals surface area contributed by atoms with E-state index < -0.39 is 18.1 Å². The molecule has 0 aliphatic heterocycles. The summed E-state index contributed by atoms with van der Waals surface area (Å²) >= 11 is 1.68. The van der Waals surface area contributed by atoms with Crippen LogP contribution >= 0.6 is 22.6 Å². The summed E-state index contributed by atoms with van der Waals surface area (Å²) in [5.74, 6) is -1.31. The van der Waals surface area contributed by atoms with Crippen molar-refractivity contribution < 1.29 is 18.7 Å². The van der Waals surface area contributed by atoms with Crippen molar-refractivity contribution >= 4 is 28.6 Å². The number of rotatable bonds is 2. The molecule has 0 aromatic carbocycles. The topological polar surface area (TPSA) is 50.2 Å². The summed E-state index contributed by atoms with van der Waals surface area (Å²) in [6, 6.07) is 2.49. The van der Waals surface area contributed by atoms with E-state index in [1.54, 1.807) is 22.6 Å². The Balaban J connectivity index is 3.19. The first-order valence-electron chi connectivity index (χ1n) is 3.20. The van der Waals surface area contributed by atoms with E-state index in [-0.39, 0.29) is 9.26 Å². The van der Waals surface area contributed by atoms with E-state index in [9.17, 15) is 13.6 Å². The monoisotopic (exact) mass is 299 g/mol. The van der Waals surface area contributed by atoms with Gasteiger partial charge in [0.05, 0.1) is 0 Å². The molecule has 0 atom stereocenters. The van der Waals surface area contributed by atoms with E-state index in [0.29, 0.717) is 0 Å². The summed E-state index contributed by atoms with van der Waals surface area (Å²) < 4.78 is 24.7. The molecule has 0 saturated carbocycles. The molecule has 1 N–H and O–H groups in total. The minimum absolute atomic E-state index is 0.262. The second kappa shape index (κ2) is 3.95. The van der Waals surface area contributed by atoms with Gasteiger partial charge in [-0.15, -0.1) is 0 Å². The second-order valence-electron chi connectivity index (χ2n) is 2.17. The van der Waals surface area contributed by atoms with Crippen LogP contribution in [0.4, 0.5) is 8.78 Å². The van der Waals surface area contributed by atoms with Gasteiger partial charge in [0, 0.05) is 3.57 Å². The number of carboxylic acid groups (broad SMARTS) is 1. The summed E-state index contributed by atoms with van der Waals surface area (Å²) in [7, 11) is 0. The molecular formula is C7H4F2INO2. The van der Waals surface area contributed by atoms with Crippen LogP contribution in [0.15, 0.2) is 12.1 Å². The number of carboxylic acids is 1. The maximum atomic E-state index is 12.2. The van der Waals surface area contributed by atoms with Gasteiger partial charge in [-0.2, -0.15) is 0 Å². The zero-order valence-electron chi connectivity index (χ0n) is 6.17. The van der Waals surface area contributed by atoms with Gasteiger partial charge in [-0.3, -0.25) is 0 Å². The Bertz CT molecular complexity index is 343. The zero-order chi connectivity index (χ0) is 10.0. The van der Waals surface area contributed by atoms with Crippen molar-refractivity contribution in [2.75, 3.05) is 0 Å². The molecule has 3 nitrogen and oxygen atoms in total. The predicted octanol–water partition coefficient (Wildman–Crippen LogP) is 2.32. The number of aromatic nitrogens is 1. The van der Waals surface area contributed by atoms with Gasteiger partial charge in [-0.1, -0.05) is 0 Å². The van der Waals surface area contributed by atoms with Crippen molar-refractivity contribution in [3.05, 3.63) is 27.1 Å². The molecule has 6 heteroatoms. The van der Waals surface area contributed by atoms with Crippen LogP contribution in [0.5, 0.6) is 0 Å². The van der Waals surface area contributed by atoms with Crippen molar-refractivity contribution in [2.45, 2.75) is 6.43 Å². The lowest BCUT2D eigenvalue weighted by atomic mass is 10.3. The van der Waals surface area contributed by atoms with Crippen molar-refractivity contribution in [3.63, 3.8) is 0 Å². The molecule has 0 saturated heterocycles. The lowest BCUT2D eigenvalue weighted by molar-refractivity contribution is 0.0688. The maximum absolute atomic E-state index is 12.2. The minimum Gasteiger partial charge on any atom is -0.477 e. The van der Waals surface area contributed by atoms with Crippen LogP contribution in [0.1, 0.15) is 22.6 Å². The van der Waals surface area contributed by atoms with Crippen molar-refractivity contribution in [2.24, 2.45) is 0 Å². The zero-order valence-corrected chi connectivity index (χ0v) is 8.33. The summed E-state index contributed by atoms with van der Waals surface area (Å²) in [6.45, 7) is 0. The van der Waals surface area contributed by atoms with E-state index in [2.05, 4.69) is 4.98 Å². The molecule has 0 amide bonds. The van der Waals surface area contributed by atoms with Crippen LogP contribution in [-0.4, -0.2) is 16.1 Å². The third kappa shape index (κ3) is 2.33. The first-order valence-corrected chi connectivity index (χ1v) is 4.28. The highest BCUT2D eigenvalue weighted by molar-refractivity contribution is 14.1. The number of aromatic carboxylic acids is 1. The Labute approximate surface area is 85.9 Å². The fraction of sp³-hybridized carbons (Fsp3) is 0.143. The predicted molar refractivity (Wildman–Crippen MR) is 48.9 cm³/mol. The van der Waals surface area contributed by atoms with Crippen LogP contribution < -0.4 is 0 Å². The van der Waals surface area contributed by atoms with Crippen LogP contribution in [0, 0.1) is 3.57 Å². The number of pyridine rings is 1. The maximum Gasteiger partial charge on any atom is 0.354 e. The van der Waals surface area contributed by atoms with Crippen molar-refractivity contribution in [3.8, 4) is 0 Å². The van der Waals surface area contributed by atoms with Gasteiger partial charge in [-0.25, -0.2) is 18.6 Å². The Kier molecular flexibility index (Phi) is 3.12. The Hall–Kier alpha value is -0.790. The van der Waals surface area contributed by atoms with Gasteiger partial charge in [0.2, 0.25) is 0 Å². The molecule has 1 aromatic heterocycles. The fourth-order valence-electron chi connectivity index (χ4n) is 0.730. The first kappa shape index (κ1) is 10.3. The summed E-state index contributed by atoms with van der Waals surface area (Å²) in [6.07, 6.45) is -2.74. The molecule has 70 valence electrons. The highest BCUT2D eigenvalue weighted by atomic mass is 127. The summed E-state index contributed by atoms with van der Waals surface area (Å²) in [4.78, 5) is 13.7. The lowest BCUT2D eigenvalue weighted by Crippen LogP contribution is -2.04. The molecule has 0 spiro atoms. The van der Waals surface area contributed by atoms with Crippen LogP contribution in [0.25, 0.3) is 0 Å². The van der Waals surface area contributed by atoms with Crippen LogP contribution in [0.3, 0.4) is 0 Å². The number of alkyl halides is 2. The van der Waals surface area contributed by atoms with Crippen LogP contribution in [-0.2, 0) is 0 Å². The summed E-state index contributed by atoms with van der Waals surface area (Å²) in [5.41, 5.74) is -0.851. The number of hydrogen-bond donors (Lipinski definition) is 1. The van der Waals surface area contributed by atoms with E-state index in [1.807, 2.05) is 0 Å². The molecule has 0 aliphatic rings. The third-order valence-electron chi connectivity index (χ3n) is 1.30. The molecule has 1 aromatic rings. The van der Waals surface area contributed by atoms with Gasteiger partial charge >= 0.3 is 5.97 Å².